The van der Waals surface area contributed by atoms with E-state index in [-0.39, 0.29) is 17.1 Å². The predicted octanol–water partition coefficient (Wildman–Crippen LogP) is 2.41. The highest BCUT2D eigenvalue weighted by Crippen LogP contribution is 2.45. The molecule has 2 N–H and O–H groups in total. The molecular weight excluding hydrogens is 276 g/mol. The van der Waals surface area contributed by atoms with Gasteiger partial charge in [0.15, 0.2) is 11.5 Å². The first-order valence-corrected chi connectivity index (χ1v) is 6.85. The third-order valence-electron chi connectivity index (χ3n) is 3.93. The van der Waals surface area contributed by atoms with Gasteiger partial charge in [-0.15, -0.1) is 0 Å². The van der Waals surface area contributed by atoms with Crippen LogP contribution in [0.2, 0.25) is 0 Å². The van der Waals surface area contributed by atoms with Crippen molar-refractivity contribution in [3.05, 3.63) is 23.2 Å². The highest BCUT2D eigenvalue weighted by Gasteiger charge is 2.49. The van der Waals surface area contributed by atoms with Gasteiger partial charge < -0.3 is 19.7 Å². The van der Waals surface area contributed by atoms with E-state index in [4.69, 9.17) is 9.47 Å². The van der Waals surface area contributed by atoms with E-state index >= 15 is 0 Å². The molecule has 0 saturated heterocycles. The van der Waals surface area contributed by atoms with Gasteiger partial charge in [-0.25, -0.2) is 4.79 Å². The minimum atomic E-state index is -1.34. The Kier molecular flexibility index (Phi) is 5.41. The molecule has 0 spiro atoms. The summed E-state index contributed by atoms with van der Waals surface area (Å²) in [7, 11) is 2.71. The zero-order chi connectivity index (χ0) is 16.2. The van der Waals surface area contributed by atoms with E-state index in [1.54, 1.807) is 0 Å². The summed E-state index contributed by atoms with van der Waals surface area (Å²) in [4.78, 5) is 23.4. The van der Waals surface area contributed by atoms with Crippen molar-refractivity contribution >= 4 is 11.9 Å². The summed E-state index contributed by atoms with van der Waals surface area (Å²) < 4.78 is 10.3. The smallest absolute Gasteiger partial charge is 0.335 e. The fourth-order valence-electron chi connectivity index (χ4n) is 2.70. The molecule has 0 radical (unpaired) electrons. The number of rotatable bonds is 7. The molecule has 0 bridgehead atoms. The van der Waals surface area contributed by atoms with Crippen molar-refractivity contribution in [1.82, 2.24) is 0 Å². The van der Waals surface area contributed by atoms with Gasteiger partial charge in [0.2, 0.25) is 0 Å². The van der Waals surface area contributed by atoms with Crippen LogP contribution in [0.3, 0.4) is 0 Å². The Bertz CT molecular complexity index is 490. The molecule has 0 aromatic carbocycles. The molecule has 21 heavy (non-hydrogen) atoms. The molecule has 1 aliphatic carbocycles. The lowest BCUT2D eigenvalue weighted by Gasteiger charge is -2.36. The molecular formula is C15H22O6. The van der Waals surface area contributed by atoms with Crippen molar-refractivity contribution in [2.75, 3.05) is 14.2 Å². The lowest BCUT2D eigenvalue weighted by molar-refractivity contribution is -0.148. The van der Waals surface area contributed by atoms with Gasteiger partial charge in [-0.05, 0) is 19.4 Å². The van der Waals surface area contributed by atoms with Crippen LogP contribution < -0.4 is 0 Å². The van der Waals surface area contributed by atoms with Gasteiger partial charge in [0, 0.05) is 5.92 Å². The van der Waals surface area contributed by atoms with E-state index in [1.807, 2.05) is 6.92 Å². The number of hydrogen-bond acceptors (Lipinski definition) is 4. The second kappa shape index (κ2) is 6.65. The Balaban J connectivity index is 3.50. The first kappa shape index (κ1) is 17.1. The standard InChI is InChI=1S/C15H22O6/c1-5-6-7-9-11(13(16)17)12(21-4)10(20-3)8-15(9,2)14(18)19/h8-9H,5-7H2,1-4H3,(H,16,17)(H,18,19). The van der Waals surface area contributed by atoms with E-state index in [2.05, 4.69) is 0 Å². The van der Waals surface area contributed by atoms with Crippen molar-refractivity contribution in [3.8, 4) is 0 Å². The molecule has 0 fully saturated rings. The summed E-state index contributed by atoms with van der Waals surface area (Å²) in [5, 5.41) is 19.1. The molecule has 0 saturated carbocycles. The first-order valence-electron chi connectivity index (χ1n) is 6.85. The summed E-state index contributed by atoms with van der Waals surface area (Å²) in [6.07, 6.45) is 3.49. The molecule has 6 heteroatoms. The normalized spacial score (nSPS) is 25.3. The van der Waals surface area contributed by atoms with Crippen LogP contribution >= 0.6 is 0 Å². The molecule has 118 valence electrons. The second-order valence-corrected chi connectivity index (χ2v) is 5.25. The van der Waals surface area contributed by atoms with E-state index in [0.29, 0.717) is 6.42 Å². The molecule has 1 aliphatic rings. The van der Waals surface area contributed by atoms with Gasteiger partial charge in [0.25, 0.3) is 0 Å². The predicted molar refractivity (Wildman–Crippen MR) is 75.5 cm³/mol. The Hall–Kier alpha value is -1.98. The zero-order valence-corrected chi connectivity index (χ0v) is 12.8. The molecule has 0 amide bonds. The fourth-order valence-corrected chi connectivity index (χ4v) is 2.70. The minimum absolute atomic E-state index is 0.0322. The lowest BCUT2D eigenvalue weighted by Crippen LogP contribution is -2.40. The average molecular weight is 298 g/mol. The van der Waals surface area contributed by atoms with Gasteiger partial charge in [0.05, 0.1) is 25.2 Å². The number of aliphatic carboxylic acids is 2. The van der Waals surface area contributed by atoms with Crippen LogP contribution in [-0.2, 0) is 19.1 Å². The SMILES string of the molecule is CCCCC1C(C(=O)O)=C(OC)C(OC)=CC1(C)C(=O)O. The maximum absolute atomic E-state index is 11.7. The summed E-state index contributed by atoms with van der Waals surface area (Å²) in [5.41, 5.74) is -1.37. The summed E-state index contributed by atoms with van der Waals surface area (Å²) in [6.45, 7) is 3.49. The van der Waals surface area contributed by atoms with Crippen LogP contribution in [0.5, 0.6) is 0 Å². The molecule has 0 aromatic rings. The number of unbranched alkanes of at least 4 members (excludes halogenated alkanes) is 1. The van der Waals surface area contributed by atoms with E-state index in [0.717, 1.165) is 12.8 Å². The largest absolute Gasteiger partial charge is 0.493 e. The van der Waals surface area contributed by atoms with Crippen LogP contribution in [0.4, 0.5) is 0 Å². The number of carboxylic acids is 2. The Morgan fingerprint density at radius 1 is 1.29 bits per heavy atom. The third-order valence-corrected chi connectivity index (χ3v) is 3.93. The highest BCUT2D eigenvalue weighted by molar-refractivity contribution is 5.92. The molecule has 0 aliphatic heterocycles. The number of methoxy groups -OCH3 is 2. The van der Waals surface area contributed by atoms with E-state index in [9.17, 15) is 19.8 Å². The van der Waals surface area contributed by atoms with E-state index < -0.39 is 23.3 Å². The summed E-state index contributed by atoms with van der Waals surface area (Å²) >= 11 is 0. The van der Waals surface area contributed by atoms with Crippen molar-refractivity contribution in [2.24, 2.45) is 11.3 Å². The van der Waals surface area contributed by atoms with Gasteiger partial charge in [-0.3, -0.25) is 4.79 Å². The van der Waals surface area contributed by atoms with E-state index in [1.165, 1.54) is 27.2 Å². The van der Waals surface area contributed by atoms with Crippen molar-refractivity contribution in [3.63, 3.8) is 0 Å². The molecule has 1 rings (SSSR count). The average Bonchev–Trinajstić information content (AvgIpc) is 2.44. The maximum Gasteiger partial charge on any atom is 0.335 e. The van der Waals surface area contributed by atoms with Crippen LogP contribution in [0.1, 0.15) is 33.1 Å². The third kappa shape index (κ3) is 3.04. The fraction of sp³-hybridized carbons (Fsp3) is 0.600. The first-order chi connectivity index (χ1) is 9.83. The molecule has 2 unspecified atom stereocenters. The molecule has 2 atom stereocenters. The Morgan fingerprint density at radius 3 is 2.29 bits per heavy atom. The Labute approximate surface area is 124 Å². The topological polar surface area (TPSA) is 93.1 Å². The van der Waals surface area contributed by atoms with Gasteiger partial charge in [-0.1, -0.05) is 19.8 Å². The van der Waals surface area contributed by atoms with Gasteiger partial charge in [-0.2, -0.15) is 0 Å². The highest BCUT2D eigenvalue weighted by atomic mass is 16.5. The lowest BCUT2D eigenvalue weighted by atomic mass is 9.67. The van der Waals surface area contributed by atoms with Gasteiger partial charge in [0.1, 0.15) is 0 Å². The molecule has 0 aromatic heterocycles. The monoisotopic (exact) mass is 298 g/mol. The van der Waals surface area contributed by atoms with Crippen LogP contribution in [0, 0.1) is 11.3 Å². The van der Waals surface area contributed by atoms with Gasteiger partial charge >= 0.3 is 11.9 Å². The number of carboxylic acid groups (broad SMARTS) is 2. The van der Waals surface area contributed by atoms with Crippen LogP contribution in [0.15, 0.2) is 23.2 Å². The zero-order valence-electron chi connectivity index (χ0n) is 12.8. The molecule has 6 nitrogen and oxygen atoms in total. The molecule has 0 heterocycles. The van der Waals surface area contributed by atoms with Crippen LogP contribution in [-0.4, -0.2) is 36.4 Å². The number of ether oxygens (including phenoxy) is 2. The maximum atomic E-state index is 11.7. The summed E-state index contributed by atoms with van der Waals surface area (Å²) in [5.74, 6) is -2.67. The van der Waals surface area contributed by atoms with Crippen molar-refractivity contribution in [2.45, 2.75) is 33.1 Å². The Morgan fingerprint density at radius 2 is 1.90 bits per heavy atom. The van der Waals surface area contributed by atoms with Crippen molar-refractivity contribution in [1.29, 1.82) is 0 Å². The second-order valence-electron chi connectivity index (χ2n) is 5.25. The summed E-state index contributed by atoms with van der Waals surface area (Å²) in [6, 6.07) is 0. The number of carbonyl (C=O) groups is 2. The number of hydrogen-bond donors (Lipinski definition) is 2. The minimum Gasteiger partial charge on any atom is -0.493 e. The van der Waals surface area contributed by atoms with Crippen molar-refractivity contribution < 1.29 is 29.3 Å². The van der Waals surface area contributed by atoms with Crippen LogP contribution in [0.25, 0.3) is 0 Å². The quantitative estimate of drug-likeness (QED) is 0.749.